The van der Waals surface area contributed by atoms with Gasteiger partial charge in [0.25, 0.3) is 0 Å². The summed E-state index contributed by atoms with van der Waals surface area (Å²) in [5, 5.41) is 0. The molecule has 0 saturated carbocycles. The number of rotatable bonds is 6. The van der Waals surface area contributed by atoms with Gasteiger partial charge >= 0.3 is 0 Å². The lowest BCUT2D eigenvalue weighted by molar-refractivity contribution is 1.12. The summed E-state index contributed by atoms with van der Waals surface area (Å²) in [5.74, 6) is 2.49. The van der Waals surface area contributed by atoms with Crippen LogP contribution in [0.3, 0.4) is 0 Å². The van der Waals surface area contributed by atoms with Gasteiger partial charge in [0, 0.05) is 71.8 Å². The SMILES string of the molecule is c1ccc(-c2ncc(-c3ncc(-c4ccc(-c5cnc(-c6cnc(-c7ccccc7)nc6)nc5)cc4)cn3)cn2)cc1. The van der Waals surface area contributed by atoms with Crippen molar-refractivity contribution in [2.24, 2.45) is 0 Å². The van der Waals surface area contributed by atoms with Crippen LogP contribution in [-0.2, 0) is 0 Å². The smallest absolute Gasteiger partial charge is 0.162 e. The Morgan fingerprint density at radius 2 is 0.476 bits per heavy atom. The molecule has 8 heteroatoms. The van der Waals surface area contributed by atoms with Crippen molar-refractivity contribution in [1.29, 1.82) is 0 Å². The van der Waals surface area contributed by atoms with Gasteiger partial charge in [-0.25, -0.2) is 39.9 Å². The predicted molar refractivity (Wildman–Crippen MR) is 161 cm³/mol. The van der Waals surface area contributed by atoms with Crippen molar-refractivity contribution in [3.05, 3.63) is 135 Å². The fourth-order valence-corrected chi connectivity index (χ4v) is 4.47. The van der Waals surface area contributed by atoms with E-state index in [1.165, 1.54) is 0 Å². The third kappa shape index (κ3) is 5.24. The summed E-state index contributed by atoms with van der Waals surface area (Å²) < 4.78 is 0. The second kappa shape index (κ2) is 11.2. The lowest BCUT2D eigenvalue weighted by Crippen LogP contribution is -1.94. The zero-order chi connectivity index (χ0) is 28.1. The molecule has 0 atom stereocenters. The third-order valence-corrected chi connectivity index (χ3v) is 6.74. The van der Waals surface area contributed by atoms with Crippen LogP contribution >= 0.6 is 0 Å². The van der Waals surface area contributed by atoms with Crippen molar-refractivity contribution >= 4 is 0 Å². The first kappa shape index (κ1) is 25.0. The highest BCUT2D eigenvalue weighted by atomic mass is 14.9. The predicted octanol–water partition coefficient (Wildman–Crippen LogP) is 6.85. The van der Waals surface area contributed by atoms with Crippen molar-refractivity contribution in [2.45, 2.75) is 0 Å². The third-order valence-electron chi connectivity index (χ3n) is 6.74. The van der Waals surface area contributed by atoms with Gasteiger partial charge in [-0.05, 0) is 11.1 Å². The maximum absolute atomic E-state index is 4.55. The Bertz CT molecular complexity index is 1760. The lowest BCUT2D eigenvalue weighted by atomic mass is 10.0. The first-order valence-corrected chi connectivity index (χ1v) is 13.3. The lowest BCUT2D eigenvalue weighted by Gasteiger charge is -2.07. The summed E-state index contributed by atoms with van der Waals surface area (Å²) in [6.07, 6.45) is 14.2. The van der Waals surface area contributed by atoms with Crippen molar-refractivity contribution in [3.8, 4) is 67.8 Å². The first-order valence-electron chi connectivity index (χ1n) is 13.3. The van der Waals surface area contributed by atoms with Crippen LogP contribution in [-0.4, -0.2) is 39.9 Å². The summed E-state index contributed by atoms with van der Waals surface area (Å²) in [7, 11) is 0. The summed E-state index contributed by atoms with van der Waals surface area (Å²) in [5.41, 5.74) is 7.31. The number of aromatic nitrogens is 8. The largest absolute Gasteiger partial charge is 0.236 e. The van der Waals surface area contributed by atoms with Crippen LogP contribution in [0.5, 0.6) is 0 Å². The highest BCUT2D eigenvalue weighted by molar-refractivity contribution is 5.70. The number of hydrogen-bond donors (Lipinski definition) is 0. The van der Waals surface area contributed by atoms with E-state index in [1.54, 1.807) is 24.8 Å². The van der Waals surface area contributed by atoms with Crippen molar-refractivity contribution in [3.63, 3.8) is 0 Å². The summed E-state index contributed by atoms with van der Waals surface area (Å²) in [6, 6.07) is 27.9. The fraction of sp³-hybridized carbons (Fsp3) is 0. The molecule has 7 aromatic rings. The van der Waals surface area contributed by atoms with Gasteiger partial charge in [-0.1, -0.05) is 84.9 Å². The van der Waals surface area contributed by atoms with Gasteiger partial charge in [-0.2, -0.15) is 0 Å². The molecule has 42 heavy (non-hydrogen) atoms. The van der Waals surface area contributed by atoms with E-state index in [1.807, 2.05) is 110 Å². The van der Waals surface area contributed by atoms with Gasteiger partial charge in [0.2, 0.25) is 0 Å². The molecule has 0 bridgehead atoms. The Labute approximate surface area is 242 Å². The first-order chi connectivity index (χ1) is 20.8. The average molecular weight is 543 g/mol. The van der Waals surface area contributed by atoms with Crippen LogP contribution in [0.1, 0.15) is 0 Å². The van der Waals surface area contributed by atoms with Crippen molar-refractivity contribution < 1.29 is 0 Å². The van der Waals surface area contributed by atoms with E-state index >= 15 is 0 Å². The van der Waals surface area contributed by atoms with E-state index in [4.69, 9.17) is 0 Å². The minimum atomic E-state index is 0.576. The van der Waals surface area contributed by atoms with E-state index < -0.39 is 0 Å². The van der Waals surface area contributed by atoms with Gasteiger partial charge in [-0.3, -0.25) is 0 Å². The fourth-order valence-electron chi connectivity index (χ4n) is 4.47. The number of nitrogens with zero attached hydrogens (tertiary/aromatic N) is 8. The topological polar surface area (TPSA) is 103 Å². The normalized spacial score (nSPS) is 10.9. The Morgan fingerprint density at radius 3 is 0.786 bits per heavy atom. The van der Waals surface area contributed by atoms with E-state index in [0.717, 1.165) is 44.5 Å². The molecule has 198 valence electrons. The highest BCUT2D eigenvalue weighted by Gasteiger charge is 2.09. The maximum atomic E-state index is 4.55. The molecule has 0 radical (unpaired) electrons. The molecule has 4 heterocycles. The molecule has 0 spiro atoms. The minimum absolute atomic E-state index is 0.576. The Kier molecular flexibility index (Phi) is 6.68. The minimum Gasteiger partial charge on any atom is -0.236 e. The van der Waals surface area contributed by atoms with Gasteiger partial charge < -0.3 is 0 Å². The van der Waals surface area contributed by atoms with E-state index in [2.05, 4.69) is 39.9 Å². The molecule has 0 aliphatic heterocycles. The average Bonchev–Trinajstić information content (AvgIpc) is 3.09. The molecule has 3 aromatic carbocycles. The quantitative estimate of drug-likeness (QED) is 0.225. The van der Waals surface area contributed by atoms with Gasteiger partial charge in [0.1, 0.15) is 0 Å². The summed E-state index contributed by atoms with van der Waals surface area (Å²) in [4.78, 5) is 36.1. The maximum Gasteiger partial charge on any atom is 0.162 e. The van der Waals surface area contributed by atoms with Crippen LogP contribution in [0.15, 0.2) is 135 Å². The number of benzene rings is 3. The molecule has 0 saturated heterocycles. The van der Waals surface area contributed by atoms with Crippen LogP contribution < -0.4 is 0 Å². The van der Waals surface area contributed by atoms with Crippen LogP contribution in [0.2, 0.25) is 0 Å². The van der Waals surface area contributed by atoms with Crippen LogP contribution in [0.25, 0.3) is 67.8 Å². The number of hydrogen-bond acceptors (Lipinski definition) is 8. The van der Waals surface area contributed by atoms with E-state index in [9.17, 15) is 0 Å². The monoisotopic (exact) mass is 542 g/mol. The highest BCUT2D eigenvalue weighted by Crippen LogP contribution is 2.26. The van der Waals surface area contributed by atoms with Crippen molar-refractivity contribution in [2.75, 3.05) is 0 Å². The van der Waals surface area contributed by atoms with Crippen LogP contribution in [0, 0.1) is 0 Å². The second-order valence-electron chi connectivity index (χ2n) is 9.49. The van der Waals surface area contributed by atoms with Gasteiger partial charge in [0.05, 0.1) is 11.1 Å². The van der Waals surface area contributed by atoms with Crippen molar-refractivity contribution in [1.82, 2.24) is 39.9 Å². The molecule has 4 aromatic heterocycles. The molecule has 0 N–H and O–H groups in total. The zero-order valence-electron chi connectivity index (χ0n) is 22.3. The Morgan fingerprint density at radius 1 is 0.214 bits per heavy atom. The molecule has 0 unspecified atom stereocenters. The molecule has 0 aliphatic rings. The molecular weight excluding hydrogens is 520 g/mol. The van der Waals surface area contributed by atoms with Gasteiger partial charge in [0.15, 0.2) is 23.3 Å². The Balaban J connectivity index is 1.03. The Hall–Kier alpha value is -6.02. The zero-order valence-corrected chi connectivity index (χ0v) is 22.3. The molecular formula is C34H22N8. The van der Waals surface area contributed by atoms with Crippen LogP contribution in [0.4, 0.5) is 0 Å². The summed E-state index contributed by atoms with van der Waals surface area (Å²) in [6.45, 7) is 0. The molecule has 8 nitrogen and oxygen atoms in total. The summed E-state index contributed by atoms with van der Waals surface area (Å²) >= 11 is 0. The van der Waals surface area contributed by atoms with Gasteiger partial charge in [-0.15, -0.1) is 0 Å². The van der Waals surface area contributed by atoms with E-state index in [0.29, 0.717) is 23.3 Å². The standard InChI is InChI=1S/C34H22N8/c1-3-7-25(8-4-1)31-39-19-29(20-40-31)33-35-15-27(16-36-33)23-11-13-24(14-12-23)28-17-37-34(38-18-28)30-21-41-32(42-22-30)26-9-5-2-6-10-26/h1-22H. The molecule has 0 amide bonds. The second-order valence-corrected chi connectivity index (χ2v) is 9.49. The molecule has 0 fully saturated rings. The molecule has 7 rings (SSSR count). The van der Waals surface area contributed by atoms with E-state index in [-0.39, 0.29) is 0 Å². The molecule has 0 aliphatic carbocycles.